The molecule has 6 nitrogen and oxygen atoms in total. The van der Waals surface area contributed by atoms with Gasteiger partial charge in [0.1, 0.15) is 5.82 Å². The van der Waals surface area contributed by atoms with Crippen LogP contribution in [0.5, 0.6) is 0 Å². The number of piperidine rings is 1. The Morgan fingerprint density at radius 3 is 2.42 bits per heavy atom. The van der Waals surface area contributed by atoms with Crippen molar-refractivity contribution in [2.24, 2.45) is 0 Å². The Hall–Kier alpha value is -2.89. The molecule has 6 heteroatoms. The average Bonchev–Trinajstić information content (AvgIpc) is 2.68. The average molecular weight is 352 g/mol. The van der Waals surface area contributed by atoms with E-state index in [2.05, 4.69) is 20.5 Å². The van der Waals surface area contributed by atoms with Crippen molar-refractivity contribution < 1.29 is 9.59 Å². The van der Waals surface area contributed by atoms with Crippen LogP contribution in [0.2, 0.25) is 0 Å². The van der Waals surface area contributed by atoms with Gasteiger partial charge in [0.25, 0.3) is 0 Å². The predicted octanol–water partition coefficient (Wildman–Crippen LogP) is 2.37. The third kappa shape index (κ3) is 5.31. The van der Waals surface area contributed by atoms with Gasteiger partial charge in [-0.3, -0.25) is 9.59 Å². The Kier molecular flexibility index (Phi) is 6.19. The van der Waals surface area contributed by atoms with Gasteiger partial charge in [0.05, 0.1) is 24.8 Å². The number of aromatic nitrogens is 1. The lowest BCUT2D eigenvalue weighted by Gasteiger charge is -2.27. The Balaban J connectivity index is 1.43. The van der Waals surface area contributed by atoms with Crippen molar-refractivity contribution in [2.45, 2.75) is 25.7 Å². The molecule has 1 saturated heterocycles. The molecule has 2 N–H and O–H groups in total. The molecule has 2 heterocycles. The molecule has 0 bridgehead atoms. The number of hydrogen-bond donors (Lipinski definition) is 2. The lowest BCUT2D eigenvalue weighted by Crippen LogP contribution is -2.33. The van der Waals surface area contributed by atoms with Crippen LogP contribution in [0.4, 0.5) is 11.5 Å². The van der Waals surface area contributed by atoms with Crippen molar-refractivity contribution in [2.75, 3.05) is 29.9 Å². The molecular formula is C20H24N4O2. The normalized spacial score (nSPS) is 13.9. The van der Waals surface area contributed by atoms with Crippen LogP contribution in [0.1, 0.15) is 24.8 Å². The van der Waals surface area contributed by atoms with E-state index in [1.165, 1.54) is 19.3 Å². The molecule has 136 valence electrons. The first kappa shape index (κ1) is 17.9. The number of carbonyl (C=O) groups is 2. The van der Waals surface area contributed by atoms with Gasteiger partial charge in [0.2, 0.25) is 11.8 Å². The van der Waals surface area contributed by atoms with Crippen LogP contribution < -0.4 is 15.5 Å². The highest BCUT2D eigenvalue weighted by Gasteiger charge is 2.12. The van der Waals surface area contributed by atoms with E-state index in [0.717, 1.165) is 24.5 Å². The van der Waals surface area contributed by atoms with Crippen LogP contribution in [0.3, 0.4) is 0 Å². The zero-order chi connectivity index (χ0) is 18.2. The quantitative estimate of drug-likeness (QED) is 0.837. The first-order valence-electron chi connectivity index (χ1n) is 9.02. The molecule has 1 aliphatic heterocycles. The Bertz CT molecular complexity index is 725. The predicted molar refractivity (Wildman–Crippen MR) is 102 cm³/mol. The van der Waals surface area contributed by atoms with E-state index in [1.807, 2.05) is 42.5 Å². The van der Waals surface area contributed by atoms with E-state index < -0.39 is 0 Å². The molecular weight excluding hydrogens is 328 g/mol. The van der Waals surface area contributed by atoms with E-state index >= 15 is 0 Å². The van der Waals surface area contributed by atoms with Crippen molar-refractivity contribution in [1.82, 2.24) is 10.3 Å². The number of hydrogen-bond acceptors (Lipinski definition) is 4. The third-order valence-corrected chi connectivity index (χ3v) is 4.37. The number of anilines is 2. The first-order chi connectivity index (χ1) is 12.7. The summed E-state index contributed by atoms with van der Waals surface area (Å²) in [4.78, 5) is 30.6. The molecule has 1 aromatic heterocycles. The first-order valence-corrected chi connectivity index (χ1v) is 9.02. The molecule has 0 atom stereocenters. The highest BCUT2D eigenvalue weighted by atomic mass is 16.2. The number of pyridine rings is 1. The molecule has 1 fully saturated rings. The van der Waals surface area contributed by atoms with E-state index in [9.17, 15) is 9.59 Å². The molecule has 3 rings (SSSR count). The van der Waals surface area contributed by atoms with Crippen molar-refractivity contribution in [3.8, 4) is 0 Å². The Labute approximate surface area is 153 Å². The van der Waals surface area contributed by atoms with Crippen LogP contribution >= 0.6 is 0 Å². The van der Waals surface area contributed by atoms with Gasteiger partial charge in [-0.05, 0) is 37.0 Å². The van der Waals surface area contributed by atoms with Gasteiger partial charge in [0, 0.05) is 13.1 Å². The summed E-state index contributed by atoms with van der Waals surface area (Å²) in [7, 11) is 0. The second kappa shape index (κ2) is 8.99. The monoisotopic (exact) mass is 352 g/mol. The summed E-state index contributed by atoms with van der Waals surface area (Å²) >= 11 is 0. The van der Waals surface area contributed by atoms with Gasteiger partial charge >= 0.3 is 0 Å². The molecule has 2 aromatic rings. The standard InChI is InChI=1S/C20H24N4O2/c25-19(13-16-7-3-1-4-8-16)22-15-20(26)23-17-9-10-18(21-14-17)24-11-5-2-6-12-24/h1,3-4,7-10,14H,2,5-6,11-13,15H2,(H,22,25)(H,23,26). The lowest BCUT2D eigenvalue weighted by atomic mass is 10.1. The largest absolute Gasteiger partial charge is 0.357 e. The fourth-order valence-corrected chi connectivity index (χ4v) is 3.00. The zero-order valence-corrected chi connectivity index (χ0v) is 14.8. The molecule has 1 aliphatic rings. The highest BCUT2D eigenvalue weighted by Crippen LogP contribution is 2.18. The maximum atomic E-state index is 12.0. The van der Waals surface area contributed by atoms with E-state index in [0.29, 0.717) is 5.69 Å². The Morgan fingerprint density at radius 2 is 1.73 bits per heavy atom. The van der Waals surface area contributed by atoms with Crippen LogP contribution in [-0.4, -0.2) is 36.4 Å². The molecule has 0 unspecified atom stereocenters. The van der Waals surface area contributed by atoms with E-state index in [-0.39, 0.29) is 24.8 Å². The number of benzene rings is 1. The Morgan fingerprint density at radius 1 is 0.962 bits per heavy atom. The minimum absolute atomic E-state index is 0.0560. The van der Waals surface area contributed by atoms with Gasteiger partial charge in [-0.15, -0.1) is 0 Å². The third-order valence-electron chi connectivity index (χ3n) is 4.37. The minimum Gasteiger partial charge on any atom is -0.357 e. The van der Waals surface area contributed by atoms with Crippen molar-refractivity contribution >= 4 is 23.3 Å². The maximum Gasteiger partial charge on any atom is 0.243 e. The lowest BCUT2D eigenvalue weighted by molar-refractivity contribution is -0.123. The SMILES string of the molecule is O=C(Cc1ccccc1)NCC(=O)Nc1ccc(N2CCCCC2)nc1. The van der Waals surface area contributed by atoms with Crippen LogP contribution in [0.25, 0.3) is 0 Å². The number of rotatable bonds is 6. The number of carbonyl (C=O) groups excluding carboxylic acids is 2. The molecule has 0 spiro atoms. The van der Waals surface area contributed by atoms with Crippen molar-refractivity contribution in [3.63, 3.8) is 0 Å². The topological polar surface area (TPSA) is 74.3 Å². The fourth-order valence-electron chi connectivity index (χ4n) is 3.00. The summed E-state index contributed by atoms with van der Waals surface area (Å²) in [5, 5.41) is 5.39. The van der Waals surface area contributed by atoms with Gasteiger partial charge in [-0.25, -0.2) is 4.98 Å². The zero-order valence-electron chi connectivity index (χ0n) is 14.8. The smallest absolute Gasteiger partial charge is 0.243 e. The summed E-state index contributed by atoms with van der Waals surface area (Å²) < 4.78 is 0. The van der Waals surface area contributed by atoms with Gasteiger partial charge < -0.3 is 15.5 Å². The number of nitrogens with zero attached hydrogens (tertiary/aromatic N) is 2. The molecule has 0 saturated carbocycles. The summed E-state index contributed by atoms with van der Waals surface area (Å²) in [5.74, 6) is 0.503. The number of nitrogens with one attached hydrogen (secondary N) is 2. The molecule has 0 radical (unpaired) electrons. The molecule has 26 heavy (non-hydrogen) atoms. The second-order valence-electron chi connectivity index (χ2n) is 6.44. The summed E-state index contributed by atoms with van der Waals surface area (Å²) in [6.45, 7) is 2.01. The molecule has 1 aromatic carbocycles. The highest BCUT2D eigenvalue weighted by molar-refractivity contribution is 5.94. The van der Waals surface area contributed by atoms with Gasteiger partial charge in [-0.1, -0.05) is 30.3 Å². The summed E-state index contributed by atoms with van der Waals surface area (Å²) in [5.41, 5.74) is 1.55. The van der Waals surface area contributed by atoms with Crippen LogP contribution in [0.15, 0.2) is 48.7 Å². The van der Waals surface area contributed by atoms with Gasteiger partial charge in [-0.2, -0.15) is 0 Å². The fraction of sp³-hybridized carbons (Fsp3) is 0.350. The van der Waals surface area contributed by atoms with Gasteiger partial charge in [0.15, 0.2) is 0 Å². The van der Waals surface area contributed by atoms with Crippen LogP contribution in [-0.2, 0) is 16.0 Å². The molecule has 2 amide bonds. The number of amides is 2. The second-order valence-corrected chi connectivity index (χ2v) is 6.44. The van der Waals surface area contributed by atoms with E-state index in [1.54, 1.807) is 6.20 Å². The maximum absolute atomic E-state index is 12.0. The van der Waals surface area contributed by atoms with Crippen molar-refractivity contribution in [3.05, 3.63) is 54.2 Å². The van der Waals surface area contributed by atoms with E-state index in [4.69, 9.17) is 0 Å². The minimum atomic E-state index is -0.265. The summed E-state index contributed by atoms with van der Waals surface area (Å²) in [6.07, 6.45) is 5.60. The molecule has 0 aliphatic carbocycles. The van der Waals surface area contributed by atoms with Crippen LogP contribution in [0, 0.1) is 0 Å². The summed E-state index contributed by atoms with van der Waals surface area (Å²) in [6, 6.07) is 13.2. The van der Waals surface area contributed by atoms with Crippen molar-refractivity contribution in [1.29, 1.82) is 0 Å².